The van der Waals surface area contributed by atoms with Crippen molar-refractivity contribution in [3.8, 4) is 23.3 Å². The molecule has 1 atom stereocenters. The molecule has 1 N–H and O–H groups in total. The number of amides is 1. The molecule has 0 saturated carbocycles. The van der Waals surface area contributed by atoms with E-state index in [1.807, 2.05) is 12.1 Å². The van der Waals surface area contributed by atoms with E-state index < -0.39 is 18.0 Å². The van der Waals surface area contributed by atoms with Crippen LogP contribution in [0.15, 0.2) is 66.7 Å². The number of esters is 1. The molecule has 0 fully saturated rings. The molecule has 0 radical (unpaired) electrons. The molecule has 3 aromatic carbocycles. The van der Waals surface area contributed by atoms with E-state index in [1.54, 1.807) is 67.8 Å². The van der Waals surface area contributed by atoms with E-state index in [-0.39, 0.29) is 19.8 Å². The number of methoxy groups -OCH3 is 1. The standard InChI is InChI=1S/C26H22N2O6/c1-31-21-9-4-17(5-10-21)13-24(29)34-25(20-7-2-18(14-27)3-8-20)26(30)28-15-19-6-11-22-23(12-19)33-16-32-22/h2-12,25H,13,15-16H2,1H3,(H,28,30). The summed E-state index contributed by atoms with van der Waals surface area (Å²) < 4.78 is 21.4. The highest BCUT2D eigenvalue weighted by molar-refractivity contribution is 5.85. The summed E-state index contributed by atoms with van der Waals surface area (Å²) in [4.78, 5) is 25.7. The molecule has 0 saturated heterocycles. The van der Waals surface area contributed by atoms with Crippen molar-refractivity contribution in [3.63, 3.8) is 0 Å². The lowest BCUT2D eigenvalue weighted by molar-refractivity contribution is -0.155. The molecule has 3 aromatic rings. The second kappa shape index (κ2) is 10.4. The third-order valence-corrected chi connectivity index (χ3v) is 5.24. The molecule has 172 valence electrons. The van der Waals surface area contributed by atoms with Gasteiger partial charge in [-0.1, -0.05) is 30.3 Å². The molecule has 0 bridgehead atoms. The first-order valence-electron chi connectivity index (χ1n) is 10.5. The highest BCUT2D eigenvalue weighted by Crippen LogP contribution is 2.32. The van der Waals surface area contributed by atoms with Gasteiger partial charge >= 0.3 is 5.97 Å². The molecular weight excluding hydrogens is 436 g/mol. The van der Waals surface area contributed by atoms with Gasteiger partial charge in [0.15, 0.2) is 11.5 Å². The lowest BCUT2D eigenvalue weighted by Crippen LogP contribution is -2.32. The molecule has 1 aliphatic rings. The van der Waals surface area contributed by atoms with Crippen LogP contribution in [-0.2, 0) is 27.3 Å². The van der Waals surface area contributed by atoms with Crippen molar-refractivity contribution < 1.29 is 28.5 Å². The number of fused-ring (bicyclic) bond motifs is 1. The van der Waals surface area contributed by atoms with Crippen LogP contribution in [0.1, 0.15) is 28.4 Å². The van der Waals surface area contributed by atoms with Crippen LogP contribution in [0.5, 0.6) is 17.2 Å². The fourth-order valence-electron chi connectivity index (χ4n) is 3.42. The topological polar surface area (TPSA) is 107 Å². The maximum Gasteiger partial charge on any atom is 0.311 e. The number of carbonyl (C=O) groups is 2. The average Bonchev–Trinajstić information content (AvgIpc) is 3.34. The van der Waals surface area contributed by atoms with Gasteiger partial charge in [-0.05, 0) is 47.5 Å². The molecule has 8 heteroatoms. The maximum atomic E-state index is 13.1. The van der Waals surface area contributed by atoms with Crippen LogP contribution in [0.3, 0.4) is 0 Å². The molecule has 1 unspecified atom stereocenters. The molecule has 1 heterocycles. The normalized spacial score (nSPS) is 12.4. The number of hydrogen-bond donors (Lipinski definition) is 1. The van der Waals surface area contributed by atoms with Gasteiger partial charge in [0, 0.05) is 12.1 Å². The summed E-state index contributed by atoms with van der Waals surface area (Å²) in [5, 5.41) is 11.9. The second-order valence-electron chi connectivity index (χ2n) is 7.53. The van der Waals surface area contributed by atoms with Gasteiger partial charge in [0.25, 0.3) is 5.91 Å². The first kappa shape index (κ1) is 22.7. The van der Waals surface area contributed by atoms with Crippen molar-refractivity contribution in [2.24, 2.45) is 0 Å². The Bertz CT molecular complexity index is 1220. The fraction of sp³-hybridized carbons (Fsp3) is 0.192. The van der Waals surface area contributed by atoms with Crippen molar-refractivity contribution >= 4 is 11.9 Å². The number of nitrogens with one attached hydrogen (secondary N) is 1. The van der Waals surface area contributed by atoms with Gasteiger partial charge in [0.2, 0.25) is 12.9 Å². The molecular formula is C26H22N2O6. The zero-order chi connectivity index (χ0) is 23.9. The number of benzene rings is 3. The molecule has 1 aliphatic heterocycles. The molecule has 0 spiro atoms. The molecule has 1 amide bonds. The summed E-state index contributed by atoms with van der Waals surface area (Å²) in [5.41, 5.74) is 2.43. The zero-order valence-electron chi connectivity index (χ0n) is 18.4. The molecule has 8 nitrogen and oxygen atoms in total. The Morgan fingerprint density at radius 2 is 1.71 bits per heavy atom. The summed E-state index contributed by atoms with van der Waals surface area (Å²) in [5.74, 6) is 0.901. The van der Waals surface area contributed by atoms with Gasteiger partial charge in [0.05, 0.1) is 25.2 Å². The number of carbonyl (C=O) groups excluding carboxylic acids is 2. The van der Waals surface area contributed by atoms with Gasteiger partial charge < -0.3 is 24.3 Å². The minimum absolute atomic E-state index is 0.00772. The Hall–Kier alpha value is -4.51. The van der Waals surface area contributed by atoms with E-state index in [9.17, 15) is 9.59 Å². The summed E-state index contributed by atoms with van der Waals surface area (Å²) in [6, 6.07) is 20.8. The second-order valence-corrected chi connectivity index (χ2v) is 7.53. The molecule has 4 rings (SSSR count). The van der Waals surface area contributed by atoms with E-state index in [0.717, 1.165) is 11.1 Å². The largest absolute Gasteiger partial charge is 0.497 e. The summed E-state index contributed by atoms with van der Waals surface area (Å²) in [6.45, 7) is 0.369. The summed E-state index contributed by atoms with van der Waals surface area (Å²) in [6.07, 6.45) is -1.18. The Labute approximate surface area is 196 Å². The summed E-state index contributed by atoms with van der Waals surface area (Å²) >= 11 is 0. The first-order chi connectivity index (χ1) is 16.6. The van der Waals surface area contributed by atoms with Crippen molar-refractivity contribution in [2.45, 2.75) is 19.1 Å². The van der Waals surface area contributed by atoms with Crippen LogP contribution in [-0.4, -0.2) is 25.8 Å². The van der Waals surface area contributed by atoms with Crippen molar-refractivity contribution in [1.29, 1.82) is 5.26 Å². The van der Waals surface area contributed by atoms with Crippen LogP contribution in [0.25, 0.3) is 0 Å². The van der Waals surface area contributed by atoms with Crippen LogP contribution in [0, 0.1) is 11.3 Å². The predicted molar refractivity (Wildman–Crippen MR) is 121 cm³/mol. The number of nitriles is 1. The van der Waals surface area contributed by atoms with E-state index >= 15 is 0 Å². The van der Waals surface area contributed by atoms with Gasteiger partial charge in [-0.15, -0.1) is 0 Å². The highest BCUT2D eigenvalue weighted by Gasteiger charge is 2.25. The third-order valence-electron chi connectivity index (χ3n) is 5.24. The van der Waals surface area contributed by atoms with Crippen LogP contribution >= 0.6 is 0 Å². The number of nitrogens with zero attached hydrogens (tertiary/aromatic N) is 1. The van der Waals surface area contributed by atoms with Gasteiger partial charge in [0.1, 0.15) is 5.75 Å². The summed E-state index contributed by atoms with van der Waals surface area (Å²) in [7, 11) is 1.56. The number of ether oxygens (including phenoxy) is 4. The Morgan fingerprint density at radius 1 is 1.00 bits per heavy atom. The van der Waals surface area contributed by atoms with Gasteiger partial charge in [-0.2, -0.15) is 5.26 Å². The molecule has 0 aliphatic carbocycles. The Balaban J connectivity index is 1.46. The molecule has 34 heavy (non-hydrogen) atoms. The van der Waals surface area contributed by atoms with E-state index in [0.29, 0.717) is 28.4 Å². The maximum absolute atomic E-state index is 13.1. The predicted octanol–water partition coefficient (Wildman–Crippen LogP) is 3.44. The zero-order valence-corrected chi connectivity index (χ0v) is 18.4. The smallest absolute Gasteiger partial charge is 0.311 e. The monoisotopic (exact) mass is 458 g/mol. The van der Waals surface area contributed by atoms with Crippen molar-refractivity contribution in [1.82, 2.24) is 5.32 Å². The Kier molecular flexibility index (Phi) is 6.94. The van der Waals surface area contributed by atoms with E-state index in [4.69, 9.17) is 24.2 Å². The third kappa shape index (κ3) is 5.45. The quantitative estimate of drug-likeness (QED) is 0.515. The number of rotatable bonds is 8. The lowest BCUT2D eigenvalue weighted by Gasteiger charge is -2.18. The lowest BCUT2D eigenvalue weighted by atomic mass is 10.1. The SMILES string of the molecule is COc1ccc(CC(=O)OC(C(=O)NCc2ccc3c(c2)OCO3)c2ccc(C#N)cc2)cc1. The minimum atomic E-state index is -1.17. The fourth-order valence-corrected chi connectivity index (χ4v) is 3.42. The van der Waals surface area contributed by atoms with Crippen LogP contribution in [0.2, 0.25) is 0 Å². The van der Waals surface area contributed by atoms with Crippen molar-refractivity contribution in [3.05, 3.63) is 89.0 Å². The Morgan fingerprint density at radius 3 is 2.41 bits per heavy atom. The van der Waals surface area contributed by atoms with E-state index in [2.05, 4.69) is 5.32 Å². The molecule has 0 aromatic heterocycles. The van der Waals surface area contributed by atoms with Gasteiger partial charge in [-0.3, -0.25) is 9.59 Å². The van der Waals surface area contributed by atoms with E-state index in [1.165, 1.54) is 0 Å². The van der Waals surface area contributed by atoms with Crippen LogP contribution in [0.4, 0.5) is 0 Å². The van der Waals surface area contributed by atoms with Crippen molar-refractivity contribution in [2.75, 3.05) is 13.9 Å². The van der Waals surface area contributed by atoms with Crippen LogP contribution < -0.4 is 19.5 Å². The highest BCUT2D eigenvalue weighted by atomic mass is 16.7. The number of hydrogen-bond acceptors (Lipinski definition) is 7. The minimum Gasteiger partial charge on any atom is -0.497 e. The first-order valence-corrected chi connectivity index (χ1v) is 10.5. The van der Waals surface area contributed by atoms with Gasteiger partial charge in [-0.25, -0.2) is 0 Å². The average molecular weight is 458 g/mol.